The van der Waals surface area contributed by atoms with Gasteiger partial charge in [-0.25, -0.2) is 9.59 Å². The molecule has 0 aliphatic rings. The van der Waals surface area contributed by atoms with Crippen LogP contribution in [0.3, 0.4) is 0 Å². The van der Waals surface area contributed by atoms with Gasteiger partial charge in [0.15, 0.2) is 0 Å². The molecule has 6 nitrogen and oxygen atoms in total. The van der Waals surface area contributed by atoms with Gasteiger partial charge in [-0.1, -0.05) is 26.3 Å². The first-order valence-electron chi connectivity index (χ1n) is 6.89. The molecule has 0 unspecified atom stereocenters. The highest BCUT2D eigenvalue weighted by atomic mass is 16.6. The summed E-state index contributed by atoms with van der Waals surface area (Å²) in [5.41, 5.74) is 0.327. The van der Waals surface area contributed by atoms with E-state index in [1.807, 2.05) is 0 Å². The predicted octanol–water partition coefficient (Wildman–Crippen LogP) is 2.04. The van der Waals surface area contributed by atoms with E-state index in [1.54, 1.807) is 6.92 Å². The number of carbonyl (C=O) groups is 2. The van der Waals surface area contributed by atoms with Gasteiger partial charge < -0.3 is 19.5 Å². The van der Waals surface area contributed by atoms with Crippen LogP contribution in [0.2, 0.25) is 0 Å². The fourth-order valence-electron chi connectivity index (χ4n) is 1.22. The Labute approximate surface area is 120 Å². The lowest BCUT2D eigenvalue weighted by molar-refractivity contribution is -0.138. The third-order valence-corrected chi connectivity index (χ3v) is 2.31. The lowest BCUT2D eigenvalue weighted by Gasteiger charge is -2.08. The van der Waals surface area contributed by atoms with Crippen molar-refractivity contribution in [2.75, 3.05) is 33.0 Å². The lowest BCUT2D eigenvalue weighted by Crippen LogP contribution is -2.29. The van der Waals surface area contributed by atoms with E-state index in [-0.39, 0.29) is 19.8 Å². The summed E-state index contributed by atoms with van der Waals surface area (Å²) in [6, 6.07) is 0. The zero-order valence-corrected chi connectivity index (χ0v) is 12.4. The van der Waals surface area contributed by atoms with E-state index in [2.05, 4.69) is 18.8 Å². The number of nitrogens with one attached hydrogen (secondary N) is 1. The smallest absolute Gasteiger partial charge is 0.407 e. The normalized spacial score (nSPS) is 9.90. The molecule has 0 spiro atoms. The summed E-state index contributed by atoms with van der Waals surface area (Å²) in [5, 5.41) is 2.46. The molecular formula is C14H25NO5. The van der Waals surface area contributed by atoms with Crippen molar-refractivity contribution in [1.82, 2.24) is 5.32 Å². The van der Waals surface area contributed by atoms with Crippen molar-refractivity contribution in [2.45, 2.75) is 33.1 Å². The molecule has 0 bridgehead atoms. The molecule has 0 saturated heterocycles. The number of hydrogen-bond acceptors (Lipinski definition) is 5. The number of esters is 1. The first-order chi connectivity index (χ1) is 9.57. The molecule has 0 radical (unpaired) electrons. The van der Waals surface area contributed by atoms with Crippen molar-refractivity contribution in [3.63, 3.8) is 0 Å². The number of alkyl carbamates (subject to hydrolysis) is 1. The van der Waals surface area contributed by atoms with Gasteiger partial charge in [-0.15, -0.1) is 0 Å². The van der Waals surface area contributed by atoms with Crippen molar-refractivity contribution >= 4 is 12.1 Å². The summed E-state index contributed by atoms with van der Waals surface area (Å²) in [5.74, 6) is -0.472. The molecule has 0 saturated carbocycles. The SMILES string of the molecule is C=C(C)C(=O)OCCNC(=O)OCCOCCCCC. The maximum absolute atomic E-state index is 11.2. The molecule has 0 atom stereocenters. The Morgan fingerprint density at radius 1 is 1.05 bits per heavy atom. The van der Waals surface area contributed by atoms with Crippen LogP contribution < -0.4 is 5.32 Å². The Morgan fingerprint density at radius 2 is 1.80 bits per heavy atom. The average Bonchev–Trinajstić information content (AvgIpc) is 2.42. The number of carbonyl (C=O) groups excluding carboxylic acids is 2. The highest BCUT2D eigenvalue weighted by Gasteiger charge is 2.04. The Bertz CT molecular complexity index is 304. The van der Waals surface area contributed by atoms with Crippen LogP contribution in [0.15, 0.2) is 12.2 Å². The fraction of sp³-hybridized carbons (Fsp3) is 0.714. The van der Waals surface area contributed by atoms with Crippen molar-refractivity contribution in [2.24, 2.45) is 0 Å². The summed E-state index contributed by atoms with van der Waals surface area (Å²) in [7, 11) is 0. The van der Waals surface area contributed by atoms with E-state index in [4.69, 9.17) is 14.2 Å². The molecular weight excluding hydrogens is 262 g/mol. The largest absolute Gasteiger partial charge is 0.460 e. The average molecular weight is 287 g/mol. The molecule has 1 amide bonds. The summed E-state index contributed by atoms with van der Waals surface area (Å²) in [6.07, 6.45) is 2.77. The van der Waals surface area contributed by atoms with E-state index in [1.165, 1.54) is 0 Å². The van der Waals surface area contributed by atoms with Crippen LogP contribution in [0.4, 0.5) is 4.79 Å². The van der Waals surface area contributed by atoms with Gasteiger partial charge in [0, 0.05) is 12.2 Å². The van der Waals surface area contributed by atoms with Crippen LogP contribution in [0.25, 0.3) is 0 Å². The second-order valence-corrected chi connectivity index (χ2v) is 4.30. The maximum Gasteiger partial charge on any atom is 0.407 e. The Balaban J connectivity index is 3.33. The third-order valence-electron chi connectivity index (χ3n) is 2.31. The molecule has 0 heterocycles. The van der Waals surface area contributed by atoms with Gasteiger partial charge in [0.2, 0.25) is 0 Å². The second-order valence-electron chi connectivity index (χ2n) is 4.30. The quantitative estimate of drug-likeness (QED) is 0.357. The van der Waals surface area contributed by atoms with Crippen molar-refractivity contribution in [3.05, 3.63) is 12.2 Å². The zero-order chi connectivity index (χ0) is 15.2. The molecule has 0 fully saturated rings. The molecule has 0 aromatic heterocycles. The first-order valence-corrected chi connectivity index (χ1v) is 6.89. The highest BCUT2D eigenvalue weighted by molar-refractivity contribution is 5.86. The monoisotopic (exact) mass is 287 g/mol. The Kier molecular flexibility index (Phi) is 11.5. The van der Waals surface area contributed by atoms with E-state index >= 15 is 0 Å². The highest BCUT2D eigenvalue weighted by Crippen LogP contribution is 1.94. The molecule has 0 aromatic rings. The number of unbranched alkanes of at least 4 members (excludes halogenated alkanes) is 2. The van der Waals surface area contributed by atoms with Gasteiger partial charge in [-0.2, -0.15) is 0 Å². The molecule has 1 N–H and O–H groups in total. The number of ether oxygens (including phenoxy) is 3. The minimum Gasteiger partial charge on any atom is -0.460 e. The van der Waals surface area contributed by atoms with Gasteiger partial charge in [0.1, 0.15) is 13.2 Å². The molecule has 20 heavy (non-hydrogen) atoms. The zero-order valence-electron chi connectivity index (χ0n) is 12.4. The number of rotatable bonds is 11. The van der Waals surface area contributed by atoms with Gasteiger partial charge in [0.05, 0.1) is 13.2 Å². The lowest BCUT2D eigenvalue weighted by atomic mass is 10.3. The van der Waals surface area contributed by atoms with Crippen molar-refractivity contribution in [3.8, 4) is 0 Å². The van der Waals surface area contributed by atoms with E-state index in [0.717, 1.165) is 19.3 Å². The number of hydrogen-bond donors (Lipinski definition) is 1. The van der Waals surface area contributed by atoms with Gasteiger partial charge in [-0.3, -0.25) is 0 Å². The van der Waals surface area contributed by atoms with Crippen molar-refractivity contribution < 1.29 is 23.8 Å². The van der Waals surface area contributed by atoms with Gasteiger partial charge >= 0.3 is 12.1 Å². The standard InChI is InChI=1S/C14H25NO5/c1-4-5-6-8-18-10-11-20-14(17)15-7-9-19-13(16)12(2)3/h2,4-11H2,1,3H3,(H,15,17). The Hall–Kier alpha value is -1.56. The molecule has 116 valence electrons. The van der Waals surface area contributed by atoms with Crippen LogP contribution in [-0.2, 0) is 19.0 Å². The summed E-state index contributed by atoms with van der Waals surface area (Å²) >= 11 is 0. The molecule has 0 aliphatic carbocycles. The summed E-state index contributed by atoms with van der Waals surface area (Å²) in [4.78, 5) is 22.2. The van der Waals surface area contributed by atoms with E-state index < -0.39 is 12.1 Å². The van der Waals surface area contributed by atoms with E-state index in [9.17, 15) is 9.59 Å². The predicted molar refractivity (Wildman–Crippen MR) is 75.5 cm³/mol. The third kappa shape index (κ3) is 11.5. The summed E-state index contributed by atoms with van der Waals surface area (Å²) in [6.45, 7) is 8.72. The van der Waals surface area contributed by atoms with Gasteiger partial charge in [0.25, 0.3) is 0 Å². The molecule has 0 aromatic carbocycles. The Morgan fingerprint density at radius 3 is 2.45 bits per heavy atom. The maximum atomic E-state index is 11.2. The molecule has 0 rings (SSSR count). The minimum absolute atomic E-state index is 0.0916. The first kappa shape index (κ1) is 18.4. The summed E-state index contributed by atoms with van der Waals surface area (Å²) < 4.78 is 15.0. The minimum atomic E-state index is -0.548. The number of amides is 1. The second kappa shape index (κ2) is 12.5. The van der Waals surface area contributed by atoms with E-state index in [0.29, 0.717) is 18.8 Å². The van der Waals surface area contributed by atoms with Crippen LogP contribution in [0.5, 0.6) is 0 Å². The topological polar surface area (TPSA) is 73.9 Å². The van der Waals surface area contributed by atoms with Crippen molar-refractivity contribution in [1.29, 1.82) is 0 Å². The van der Waals surface area contributed by atoms with Crippen LogP contribution in [0, 0.1) is 0 Å². The molecule has 6 heteroatoms. The fourth-order valence-corrected chi connectivity index (χ4v) is 1.22. The van der Waals surface area contributed by atoms with Crippen LogP contribution in [-0.4, -0.2) is 45.0 Å². The van der Waals surface area contributed by atoms with Crippen LogP contribution >= 0.6 is 0 Å². The van der Waals surface area contributed by atoms with Gasteiger partial charge in [-0.05, 0) is 13.3 Å². The van der Waals surface area contributed by atoms with Crippen LogP contribution in [0.1, 0.15) is 33.1 Å². The molecule has 0 aliphatic heterocycles.